The molecule has 0 aromatic heterocycles. The van der Waals surface area contributed by atoms with E-state index in [1.807, 2.05) is 12.2 Å². The lowest BCUT2D eigenvalue weighted by atomic mass is 10.1. The normalized spacial score (nSPS) is 10.6. The lowest BCUT2D eigenvalue weighted by Gasteiger charge is -2.20. The monoisotopic (exact) mass is 379 g/mol. The quantitative estimate of drug-likeness (QED) is 0.265. The van der Waals surface area contributed by atoms with E-state index >= 15 is 0 Å². The van der Waals surface area contributed by atoms with Crippen molar-refractivity contribution in [2.24, 2.45) is 0 Å². The summed E-state index contributed by atoms with van der Waals surface area (Å²) in [5.41, 5.74) is 0. The summed E-state index contributed by atoms with van der Waals surface area (Å²) in [6.45, 7) is 13.4. The van der Waals surface area contributed by atoms with Crippen molar-refractivity contribution in [3.63, 3.8) is 0 Å². The Morgan fingerprint density at radius 3 is 1.59 bits per heavy atom. The largest absolute Gasteiger partial charge is 0.355 e. The summed E-state index contributed by atoms with van der Waals surface area (Å²) >= 11 is 0. The van der Waals surface area contributed by atoms with Gasteiger partial charge < -0.3 is 15.5 Å². The van der Waals surface area contributed by atoms with Crippen LogP contribution in [0, 0.1) is 0 Å². The molecule has 27 heavy (non-hydrogen) atoms. The number of carbonyl (C=O) groups excluding carboxylic acids is 2. The second kappa shape index (κ2) is 19.2. The Balaban J connectivity index is 3.65. The summed E-state index contributed by atoms with van der Waals surface area (Å²) in [7, 11) is 0. The Morgan fingerprint density at radius 1 is 0.778 bits per heavy atom. The minimum atomic E-state index is 0.134. The molecular weight excluding hydrogens is 338 g/mol. The molecule has 0 saturated heterocycles. The van der Waals surface area contributed by atoms with Crippen molar-refractivity contribution in [2.75, 3.05) is 32.7 Å². The molecule has 2 amide bonds. The van der Waals surface area contributed by atoms with Gasteiger partial charge in [0.15, 0.2) is 0 Å². The molecule has 5 nitrogen and oxygen atoms in total. The van der Waals surface area contributed by atoms with Crippen molar-refractivity contribution in [1.29, 1.82) is 0 Å². The van der Waals surface area contributed by atoms with E-state index in [1.54, 1.807) is 0 Å². The highest BCUT2D eigenvalue weighted by Gasteiger charge is 2.06. The molecule has 0 aromatic rings. The number of hydrogen-bond donors (Lipinski definition) is 2. The van der Waals surface area contributed by atoms with Crippen LogP contribution in [0.5, 0.6) is 0 Å². The van der Waals surface area contributed by atoms with Crippen molar-refractivity contribution in [1.82, 2.24) is 15.5 Å². The van der Waals surface area contributed by atoms with Gasteiger partial charge in [-0.15, -0.1) is 13.2 Å². The van der Waals surface area contributed by atoms with Crippen molar-refractivity contribution < 1.29 is 9.59 Å². The number of hydrogen-bond acceptors (Lipinski definition) is 3. The predicted octanol–water partition coefficient (Wildman–Crippen LogP) is 3.81. The zero-order valence-electron chi connectivity index (χ0n) is 17.4. The molecule has 0 saturated carbocycles. The molecule has 0 aliphatic heterocycles. The molecule has 0 unspecified atom stereocenters. The van der Waals surface area contributed by atoms with Crippen molar-refractivity contribution in [3.05, 3.63) is 25.3 Å². The Kier molecular flexibility index (Phi) is 18.0. The molecule has 0 radical (unpaired) electrons. The van der Waals surface area contributed by atoms with Gasteiger partial charge in [-0.2, -0.15) is 0 Å². The van der Waals surface area contributed by atoms with Gasteiger partial charge in [0.2, 0.25) is 11.8 Å². The van der Waals surface area contributed by atoms with Gasteiger partial charge >= 0.3 is 0 Å². The van der Waals surface area contributed by atoms with Gasteiger partial charge in [-0.3, -0.25) is 9.59 Å². The van der Waals surface area contributed by atoms with Crippen LogP contribution in [-0.2, 0) is 9.59 Å². The fourth-order valence-corrected chi connectivity index (χ4v) is 2.81. The topological polar surface area (TPSA) is 61.4 Å². The Bertz CT molecular complexity index is 374. The minimum absolute atomic E-state index is 0.134. The fraction of sp³-hybridized carbons (Fsp3) is 0.727. The van der Waals surface area contributed by atoms with Crippen molar-refractivity contribution in [3.8, 4) is 0 Å². The summed E-state index contributed by atoms with van der Waals surface area (Å²) in [6.07, 6.45) is 13.4. The van der Waals surface area contributed by atoms with E-state index in [9.17, 15) is 9.59 Å². The second-order valence-electron chi connectivity index (χ2n) is 6.91. The van der Waals surface area contributed by atoms with Crippen LogP contribution in [0.4, 0.5) is 0 Å². The van der Waals surface area contributed by atoms with Gasteiger partial charge in [-0.1, -0.05) is 31.9 Å². The van der Waals surface area contributed by atoms with Crippen molar-refractivity contribution in [2.45, 2.75) is 71.1 Å². The van der Waals surface area contributed by atoms with Gasteiger partial charge in [0.1, 0.15) is 0 Å². The van der Waals surface area contributed by atoms with Crippen molar-refractivity contribution >= 4 is 11.8 Å². The van der Waals surface area contributed by atoms with Crippen LogP contribution in [0.15, 0.2) is 25.3 Å². The maximum atomic E-state index is 11.8. The first-order valence-corrected chi connectivity index (χ1v) is 10.6. The van der Waals surface area contributed by atoms with E-state index in [0.717, 1.165) is 71.0 Å². The Labute approximate surface area is 166 Å². The van der Waals surface area contributed by atoms with Gasteiger partial charge in [-0.05, 0) is 45.1 Å². The van der Waals surface area contributed by atoms with E-state index in [-0.39, 0.29) is 11.8 Å². The SMILES string of the molecule is C=CCCCCCC(=O)NCCN(CC)CCNC(=O)CCCCCC=C. The van der Waals surface area contributed by atoms with E-state index in [0.29, 0.717) is 25.9 Å². The second-order valence-corrected chi connectivity index (χ2v) is 6.91. The minimum Gasteiger partial charge on any atom is -0.355 e. The van der Waals surface area contributed by atoms with E-state index in [1.165, 1.54) is 0 Å². The van der Waals surface area contributed by atoms with Crippen LogP contribution in [0.3, 0.4) is 0 Å². The highest BCUT2D eigenvalue weighted by Crippen LogP contribution is 2.03. The standard InChI is InChI=1S/C22H41N3O2/c1-4-7-9-11-13-15-21(26)23-17-19-25(6-3)20-18-24-22(27)16-14-12-10-8-5-2/h4-5H,1-2,6-20H2,3H3,(H,23,26)(H,24,27). The molecule has 0 atom stereocenters. The first kappa shape index (κ1) is 25.4. The molecule has 5 heteroatoms. The van der Waals surface area contributed by atoms with Gasteiger partial charge in [0, 0.05) is 39.0 Å². The zero-order chi connectivity index (χ0) is 20.2. The maximum absolute atomic E-state index is 11.8. The van der Waals surface area contributed by atoms with Crippen LogP contribution in [0.2, 0.25) is 0 Å². The zero-order valence-corrected chi connectivity index (χ0v) is 17.4. The number of amides is 2. The molecule has 0 aromatic carbocycles. The number of nitrogens with one attached hydrogen (secondary N) is 2. The van der Waals surface area contributed by atoms with E-state index in [4.69, 9.17) is 0 Å². The molecule has 0 aliphatic carbocycles. The van der Waals surface area contributed by atoms with Gasteiger partial charge in [0.05, 0.1) is 0 Å². The molecule has 0 rings (SSSR count). The number of unbranched alkanes of at least 4 members (excludes halogenated alkanes) is 6. The summed E-state index contributed by atoms with van der Waals surface area (Å²) < 4.78 is 0. The third-order valence-electron chi connectivity index (χ3n) is 4.57. The van der Waals surface area contributed by atoms with Crippen LogP contribution in [0.1, 0.15) is 71.1 Å². The molecule has 0 spiro atoms. The highest BCUT2D eigenvalue weighted by atomic mass is 16.2. The number of likely N-dealkylation sites (N-methyl/N-ethyl adjacent to an activating group) is 1. The average Bonchev–Trinajstić information content (AvgIpc) is 2.66. The van der Waals surface area contributed by atoms with E-state index < -0.39 is 0 Å². The summed E-state index contributed by atoms with van der Waals surface area (Å²) in [4.78, 5) is 25.9. The van der Waals surface area contributed by atoms with Crippen LogP contribution >= 0.6 is 0 Å². The van der Waals surface area contributed by atoms with E-state index in [2.05, 4.69) is 35.6 Å². The molecule has 0 aliphatic rings. The number of rotatable bonds is 19. The maximum Gasteiger partial charge on any atom is 0.220 e. The number of nitrogens with zero attached hydrogens (tertiary/aromatic N) is 1. The van der Waals surface area contributed by atoms with Crippen LogP contribution in [0.25, 0.3) is 0 Å². The third kappa shape index (κ3) is 17.5. The van der Waals surface area contributed by atoms with Gasteiger partial charge in [0.25, 0.3) is 0 Å². The summed E-state index contributed by atoms with van der Waals surface area (Å²) in [5, 5.41) is 5.97. The fourth-order valence-electron chi connectivity index (χ4n) is 2.81. The smallest absolute Gasteiger partial charge is 0.220 e. The van der Waals surface area contributed by atoms with Crippen LogP contribution < -0.4 is 10.6 Å². The first-order valence-electron chi connectivity index (χ1n) is 10.6. The molecule has 0 bridgehead atoms. The Morgan fingerprint density at radius 2 is 1.22 bits per heavy atom. The Hall–Kier alpha value is -1.62. The lowest BCUT2D eigenvalue weighted by Crippen LogP contribution is -2.39. The number of carbonyl (C=O) groups is 2. The molecule has 0 heterocycles. The molecular formula is C22H41N3O2. The average molecular weight is 380 g/mol. The third-order valence-corrected chi connectivity index (χ3v) is 4.57. The summed E-state index contributed by atoms with van der Waals surface area (Å²) in [6, 6.07) is 0. The highest BCUT2D eigenvalue weighted by molar-refractivity contribution is 5.76. The predicted molar refractivity (Wildman–Crippen MR) is 115 cm³/mol. The first-order chi connectivity index (χ1) is 13.1. The lowest BCUT2D eigenvalue weighted by molar-refractivity contribution is -0.121. The molecule has 156 valence electrons. The molecule has 0 fully saturated rings. The number of allylic oxidation sites excluding steroid dienone is 2. The van der Waals surface area contributed by atoms with Gasteiger partial charge in [-0.25, -0.2) is 0 Å². The molecule has 2 N–H and O–H groups in total. The summed E-state index contributed by atoms with van der Waals surface area (Å²) in [5.74, 6) is 0.267. The van der Waals surface area contributed by atoms with Crippen LogP contribution in [-0.4, -0.2) is 49.4 Å².